The van der Waals surface area contributed by atoms with Gasteiger partial charge in [-0.25, -0.2) is 19.7 Å². The molecule has 4 rings (SSSR count). The van der Waals surface area contributed by atoms with Crippen molar-refractivity contribution < 1.29 is 9.53 Å². The summed E-state index contributed by atoms with van der Waals surface area (Å²) in [5, 5.41) is 1.38. The molecule has 168 valence electrons. The normalized spacial score (nSPS) is 15.7. The fourth-order valence-electron chi connectivity index (χ4n) is 3.67. The van der Waals surface area contributed by atoms with Gasteiger partial charge in [-0.1, -0.05) is 30.3 Å². The molecule has 1 aliphatic rings. The Labute approximate surface area is 193 Å². The highest BCUT2D eigenvalue weighted by molar-refractivity contribution is 7.99. The van der Waals surface area contributed by atoms with Gasteiger partial charge in [-0.15, -0.1) is 0 Å². The van der Waals surface area contributed by atoms with Crippen molar-refractivity contribution >= 4 is 46.2 Å². The lowest BCUT2D eigenvalue weighted by Gasteiger charge is -2.39. The zero-order valence-corrected chi connectivity index (χ0v) is 19.3. The number of fused-ring (bicyclic) bond motifs is 1. The van der Waals surface area contributed by atoms with Crippen LogP contribution in [0.1, 0.15) is 25.6 Å². The number of primary amides is 1. The van der Waals surface area contributed by atoms with Crippen LogP contribution in [0.3, 0.4) is 0 Å². The second kappa shape index (κ2) is 8.95. The molecule has 1 aromatic carbocycles. The maximum atomic E-state index is 12.3. The number of ether oxygens (including phenoxy) is 1. The maximum absolute atomic E-state index is 12.3. The summed E-state index contributed by atoms with van der Waals surface area (Å²) in [7, 11) is 0. The van der Waals surface area contributed by atoms with E-state index in [4.69, 9.17) is 22.1 Å². The van der Waals surface area contributed by atoms with Crippen molar-refractivity contribution in [2.75, 3.05) is 24.6 Å². The van der Waals surface area contributed by atoms with Crippen molar-refractivity contribution in [1.82, 2.24) is 19.9 Å². The number of hydrogen-bond donors (Lipinski definition) is 2. The molecule has 1 aliphatic heterocycles. The average molecular weight is 475 g/mol. The van der Waals surface area contributed by atoms with Gasteiger partial charge in [-0.3, -0.25) is 4.79 Å². The lowest BCUT2D eigenvalue weighted by molar-refractivity contribution is 0.0818. The second-order valence-corrected chi connectivity index (χ2v) is 9.58. The Kier molecular flexibility index (Phi) is 6.25. The molecule has 1 saturated heterocycles. The van der Waals surface area contributed by atoms with Crippen molar-refractivity contribution in [2.45, 2.75) is 36.6 Å². The molecule has 2 aromatic heterocycles. The summed E-state index contributed by atoms with van der Waals surface area (Å²) in [6.45, 7) is 5.71. The van der Waals surface area contributed by atoms with Crippen LogP contribution >= 0.6 is 23.4 Å². The van der Waals surface area contributed by atoms with E-state index in [-0.39, 0.29) is 11.0 Å². The zero-order chi connectivity index (χ0) is 22.9. The Morgan fingerprint density at radius 1 is 1.31 bits per heavy atom. The number of halogens is 1. The molecule has 0 radical (unpaired) electrons. The molecule has 0 bridgehead atoms. The monoisotopic (exact) mass is 474 g/mol. The van der Waals surface area contributed by atoms with Crippen LogP contribution in [-0.2, 0) is 4.74 Å². The fraction of sp³-hybridized carbons (Fsp3) is 0.381. The first-order chi connectivity index (χ1) is 15.2. The molecule has 32 heavy (non-hydrogen) atoms. The van der Waals surface area contributed by atoms with E-state index < -0.39 is 6.09 Å². The number of hydrogen-bond acceptors (Lipinski definition) is 8. The highest BCUT2D eigenvalue weighted by Gasteiger charge is 2.32. The van der Waals surface area contributed by atoms with Crippen molar-refractivity contribution in [3.05, 3.63) is 45.7 Å². The van der Waals surface area contributed by atoms with Crippen LogP contribution in [0, 0.1) is 12.3 Å². The molecule has 3 aromatic rings. The van der Waals surface area contributed by atoms with E-state index in [1.807, 2.05) is 6.07 Å². The smallest absolute Gasteiger partial charge is 0.404 e. The third-order valence-electron chi connectivity index (χ3n) is 5.58. The number of benzene rings is 1. The van der Waals surface area contributed by atoms with Crippen LogP contribution in [0.2, 0.25) is 5.02 Å². The van der Waals surface area contributed by atoms with Gasteiger partial charge in [0.05, 0.1) is 34.9 Å². The first-order valence-corrected chi connectivity index (χ1v) is 11.3. The number of carbonyl (C=O) groups excluding carboxylic acids is 1. The van der Waals surface area contributed by atoms with Gasteiger partial charge in [0.15, 0.2) is 0 Å². The van der Waals surface area contributed by atoms with Crippen molar-refractivity contribution in [2.24, 2.45) is 11.1 Å². The van der Waals surface area contributed by atoms with Crippen molar-refractivity contribution in [3.63, 3.8) is 0 Å². The molecule has 1 amide bonds. The standard InChI is InChI=1S/C21H23ClN6O3S/c1-12-26-13-3-4-14(18(22)17(13)19(29)27-12)32-16-10-24-15(9-25-16)28-7-5-21(2,6-8-28)11-31-20(23)30/h3-4,9-10H,5-8,11H2,1-2H3,(H2,23,30)(H,26,27,29). The number of anilines is 1. The molecule has 3 heterocycles. The highest BCUT2D eigenvalue weighted by Crippen LogP contribution is 2.36. The molecule has 1 fully saturated rings. The highest BCUT2D eigenvalue weighted by atomic mass is 35.5. The molecule has 0 saturated carbocycles. The number of rotatable bonds is 5. The lowest BCUT2D eigenvalue weighted by atomic mass is 9.81. The third kappa shape index (κ3) is 4.81. The number of amides is 1. The minimum Gasteiger partial charge on any atom is -0.449 e. The predicted molar refractivity (Wildman–Crippen MR) is 123 cm³/mol. The Morgan fingerprint density at radius 3 is 2.72 bits per heavy atom. The van der Waals surface area contributed by atoms with E-state index in [1.165, 1.54) is 11.8 Å². The molecular formula is C21H23ClN6O3S. The van der Waals surface area contributed by atoms with Gasteiger partial charge < -0.3 is 20.4 Å². The van der Waals surface area contributed by atoms with Gasteiger partial charge in [-0.05, 0) is 31.9 Å². The van der Waals surface area contributed by atoms with E-state index in [0.717, 1.165) is 31.7 Å². The Hall–Kier alpha value is -2.85. The Balaban J connectivity index is 1.44. The van der Waals surface area contributed by atoms with E-state index in [2.05, 4.69) is 31.8 Å². The van der Waals surface area contributed by atoms with Crippen molar-refractivity contribution in [3.8, 4) is 0 Å². The van der Waals surface area contributed by atoms with Gasteiger partial charge in [-0.2, -0.15) is 0 Å². The largest absolute Gasteiger partial charge is 0.449 e. The molecule has 0 spiro atoms. The zero-order valence-electron chi connectivity index (χ0n) is 17.7. The Bertz CT molecular complexity index is 1210. The van der Waals surface area contributed by atoms with Gasteiger partial charge in [0, 0.05) is 23.4 Å². The SMILES string of the molecule is Cc1nc2ccc(Sc3cnc(N4CCC(C)(COC(N)=O)CC4)cn3)c(Cl)c2c(=O)[nH]1. The molecular weight excluding hydrogens is 452 g/mol. The molecule has 3 N–H and O–H groups in total. The lowest BCUT2D eigenvalue weighted by Crippen LogP contribution is -2.42. The number of nitrogens with two attached hydrogens (primary N) is 1. The van der Waals surface area contributed by atoms with Crippen LogP contribution in [-0.4, -0.2) is 45.7 Å². The Morgan fingerprint density at radius 2 is 2.06 bits per heavy atom. The number of carbonyl (C=O) groups is 1. The molecule has 9 nitrogen and oxygen atoms in total. The number of H-pyrrole nitrogens is 1. The van der Waals surface area contributed by atoms with Gasteiger partial charge in [0.2, 0.25) is 0 Å². The van der Waals surface area contributed by atoms with E-state index in [0.29, 0.717) is 38.3 Å². The minimum atomic E-state index is -0.741. The third-order valence-corrected chi connectivity index (χ3v) is 7.07. The van der Waals surface area contributed by atoms with Gasteiger partial charge in [0.25, 0.3) is 5.56 Å². The summed E-state index contributed by atoms with van der Waals surface area (Å²) in [6.07, 6.45) is 4.40. The predicted octanol–water partition coefficient (Wildman–Crippen LogP) is 3.53. The molecule has 0 aliphatic carbocycles. The van der Waals surface area contributed by atoms with Crippen LogP contribution in [0.5, 0.6) is 0 Å². The van der Waals surface area contributed by atoms with Gasteiger partial charge >= 0.3 is 6.09 Å². The topological polar surface area (TPSA) is 127 Å². The molecule has 0 atom stereocenters. The first-order valence-electron chi connectivity index (χ1n) is 10.1. The number of aromatic nitrogens is 4. The van der Waals surface area contributed by atoms with E-state index in [1.54, 1.807) is 25.4 Å². The molecule has 0 unspecified atom stereocenters. The van der Waals surface area contributed by atoms with Gasteiger partial charge in [0.1, 0.15) is 16.7 Å². The number of aromatic amines is 1. The van der Waals surface area contributed by atoms with E-state index >= 15 is 0 Å². The number of aryl methyl sites for hydroxylation is 1. The van der Waals surface area contributed by atoms with Crippen molar-refractivity contribution in [1.29, 1.82) is 0 Å². The van der Waals surface area contributed by atoms with Crippen LogP contribution in [0.4, 0.5) is 10.6 Å². The summed E-state index contributed by atoms with van der Waals surface area (Å²) in [5.74, 6) is 1.33. The van der Waals surface area contributed by atoms with Crippen LogP contribution in [0.25, 0.3) is 10.9 Å². The first kappa shape index (κ1) is 22.3. The molecule has 11 heteroatoms. The van der Waals surface area contributed by atoms with Crippen LogP contribution in [0.15, 0.2) is 39.2 Å². The summed E-state index contributed by atoms with van der Waals surface area (Å²) < 4.78 is 5.00. The number of nitrogens with zero attached hydrogens (tertiary/aromatic N) is 4. The average Bonchev–Trinajstić information content (AvgIpc) is 2.75. The number of piperidine rings is 1. The summed E-state index contributed by atoms with van der Waals surface area (Å²) in [6, 6.07) is 3.61. The van der Waals surface area contributed by atoms with E-state index in [9.17, 15) is 9.59 Å². The fourth-order valence-corrected chi connectivity index (χ4v) is 4.80. The summed E-state index contributed by atoms with van der Waals surface area (Å²) >= 11 is 7.84. The maximum Gasteiger partial charge on any atom is 0.404 e. The minimum absolute atomic E-state index is 0.0905. The number of nitrogens with one attached hydrogen (secondary N) is 1. The second-order valence-electron chi connectivity index (χ2n) is 8.14. The summed E-state index contributed by atoms with van der Waals surface area (Å²) in [4.78, 5) is 42.1. The van der Waals surface area contributed by atoms with Crippen LogP contribution < -0.4 is 16.2 Å². The quantitative estimate of drug-likeness (QED) is 0.574. The summed E-state index contributed by atoms with van der Waals surface area (Å²) in [5.41, 5.74) is 5.29.